The van der Waals surface area contributed by atoms with Crippen LogP contribution in [0.25, 0.3) is 0 Å². The van der Waals surface area contributed by atoms with Crippen LogP contribution in [0.3, 0.4) is 0 Å². The monoisotopic (exact) mass is 195 g/mol. The summed E-state index contributed by atoms with van der Waals surface area (Å²) in [6.07, 6.45) is 2.87. The zero-order chi connectivity index (χ0) is 10.6. The first-order valence-corrected chi connectivity index (χ1v) is 4.97. The zero-order valence-corrected chi connectivity index (χ0v) is 8.99. The average molecular weight is 195 g/mol. The van der Waals surface area contributed by atoms with Gasteiger partial charge in [0.2, 0.25) is 5.56 Å². The van der Waals surface area contributed by atoms with Crippen LogP contribution in [0.4, 0.5) is 0 Å². The summed E-state index contributed by atoms with van der Waals surface area (Å²) >= 11 is 0. The molecule has 0 N–H and O–H groups in total. The first-order valence-electron chi connectivity index (χ1n) is 4.97. The van der Waals surface area contributed by atoms with Crippen LogP contribution in [0.1, 0.15) is 31.9 Å². The lowest BCUT2D eigenvalue weighted by molar-refractivity contribution is 0.0593. The quantitative estimate of drug-likeness (QED) is 0.734. The molecule has 0 aliphatic rings. The Bertz CT molecular complexity index is 343. The van der Waals surface area contributed by atoms with Gasteiger partial charge in [-0.3, -0.25) is 4.79 Å². The summed E-state index contributed by atoms with van der Waals surface area (Å²) in [6, 6.07) is 3.42. The average Bonchev–Trinajstić information content (AvgIpc) is 2.19. The highest BCUT2D eigenvalue weighted by Gasteiger charge is 2.08. The van der Waals surface area contributed by atoms with Crippen molar-refractivity contribution in [2.24, 2.45) is 7.05 Å². The second-order valence-corrected chi connectivity index (χ2v) is 3.26. The van der Waals surface area contributed by atoms with Gasteiger partial charge in [0, 0.05) is 25.9 Å². The number of pyridine rings is 1. The molecule has 3 heteroatoms. The summed E-state index contributed by atoms with van der Waals surface area (Å²) in [4.78, 5) is 11.2. The Hall–Kier alpha value is -1.09. The molecule has 0 spiro atoms. The van der Waals surface area contributed by atoms with Gasteiger partial charge in [-0.2, -0.15) is 0 Å². The zero-order valence-electron chi connectivity index (χ0n) is 8.99. The lowest BCUT2D eigenvalue weighted by Gasteiger charge is -2.15. The third-order valence-corrected chi connectivity index (χ3v) is 2.22. The van der Waals surface area contributed by atoms with Crippen molar-refractivity contribution in [3.8, 4) is 0 Å². The van der Waals surface area contributed by atoms with Crippen molar-refractivity contribution in [2.45, 2.75) is 26.4 Å². The minimum Gasteiger partial charge on any atom is -0.374 e. The van der Waals surface area contributed by atoms with Crippen molar-refractivity contribution in [1.29, 1.82) is 0 Å². The van der Waals surface area contributed by atoms with Crippen LogP contribution in [0.2, 0.25) is 0 Å². The smallest absolute Gasteiger partial charge is 0.250 e. The van der Waals surface area contributed by atoms with Crippen LogP contribution in [0, 0.1) is 0 Å². The maximum atomic E-state index is 11.2. The molecule has 1 aromatic rings. The van der Waals surface area contributed by atoms with E-state index in [1.165, 1.54) is 0 Å². The Labute approximate surface area is 84.3 Å². The van der Waals surface area contributed by atoms with E-state index in [1.54, 1.807) is 17.7 Å². The molecule has 1 unspecified atom stereocenters. The number of aryl methyl sites for hydroxylation is 1. The number of hydrogen-bond acceptors (Lipinski definition) is 2. The molecule has 1 atom stereocenters. The van der Waals surface area contributed by atoms with Gasteiger partial charge in [-0.1, -0.05) is 6.92 Å². The lowest BCUT2D eigenvalue weighted by atomic mass is 10.1. The molecule has 78 valence electrons. The molecule has 0 bridgehead atoms. The molecule has 14 heavy (non-hydrogen) atoms. The van der Waals surface area contributed by atoms with Crippen molar-refractivity contribution >= 4 is 0 Å². The van der Waals surface area contributed by atoms with Gasteiger partial charge in [0.15, 0.2) is 0 Å². The number of hydrogen-bond donors (Lipinski definition) is 0. The summed E-state index contributed by atoms with van der Waals surface area (Å²) in [5.74, 6) is 0. The first kappa shape index (κ1) is 11.0. The van der Waals surface area contributed by atoms with E-state index in [2.05, 4.69) is 6.92 Å². The fourth-order valence-electron chi connectivity index (χ4n) is 1.46. The number of ether oxygens (including phenoxy) is 1. The van der Waals surface area contributed by atoms with Crippen LogP contribution < -0.4 is 5.56 Å². The molecule has 1 heterocycles. The molecule has 1 aromatic heterocycles. The van der Waals surface area contributed by atoms with Gasteiger partial charge >= 0.3 is 0 Å². The van der Waals surface area contributed by atoms with E-state index in [9.17, 15) is 4.79 Å². The Morgan fingerprint density at radius 2 is 2.14 bits per heavy atom. The molecule has 0 saturated carbocycles. The summed E-state index contributed by atoms with van der Waals surface area (Å²) in [5.41, 5.74) is 1.08. The third-order valence-electron chi connectivity index (χ3n) is 2.22. The normalized spacial score (nSPS) is 12.8. The largest absolute Gasteiger partial charge is 0.374 e. The van der Waals surface area contributed by atoms with Crippen LogP contribution in [-0.4, -0.2) is 11.2 Å². The van der Waals surface area contributed by atoms with E-state index in [1.807, 2.05) is 19.2 Å². The third kappa shape index (κ3) is 2.45. The maximum absolute atomic E-state index is 11.2. The second-order valence-electron chi connectivity index (χ2n) is 3.26. The van der Waals surface area contributed by atoms with Crippen LogP contribution >= 0.6 is 0 Å². The van der Waals surface area contributed by atoms with Gasteiger partial charge in [-0.05, 0) is 25.0 Å². The molecular formula is C11H17NO2. The van der Waals surface area contributed by atoms with Gasteiger partial charge in [0.25, 0.3) is 0 Å². The fourth-order valence-corrected chi connectivity index (χ4v) is 1.46. The number of nitrogens with zero attached hydrogens (tertiary/aromatic N) is 1. The van der Waals surface area contributed by atoms with Gasteiger partial charge in [-0.15, -0.1) is 0 Å². The molecule has 1 rings (SSSR count). The Morgan fingerprint density at radius 3 is 2.64 bits per heavy atom. The molecule has 0 saturated heterocycles. The predicted molar refractivity (Wildman–Crippen MR) is 56.3 cm³/mol. The predicted octanol–water partition coefficient (Wildman–Crippen LogP) is 1.87. The lowest BCUT2D eigenvalue weighted by Crippen LogP contribution is -2.16. The molecule has 0 fully saturated rings. The van der Waals surface area contributed by atoms with Gasteiger partial charge in [0.05, 0.1) is 6.10 Å². The molecular weight excluding hydrogens is 178 g/mol. The van der Waals surface area contributed by atoms with Gasteiger partial charge in [-0.25, -0.2) is 0 Å². The van der Waals surface area contributed by atoms with Crippen molar-refractivity contribution in [3.63, 3.8) is 0 Å². The summed E-state index contributed by atoms with van der Waals surface area (Å²) in [5, 5.41) is 0. The van der Waals surface area contributed by atoms with E-state index < -0.39 is 0 Å². The molecule has 3 nitrogen and oxygen atoms in total. The highest BCUT2D eigenvalue weighted by Crippen LogP contribution is 2.18. The Kier molecular flexibility index (Phi) is 3.89. The summed E-state index contributed by atoms with van der Waals surface area (Å²) in [6.45, 7) is 4.75. The standard InChI is InChI=1S/C11H17NO2/c1-4-10(14-5-2)9-6-7-11(13)12(3)8-9/h6-8,10H,4-5H2,1-3H3. The Morgan fingerprint density at radius 1 is 1.43 bits per heavy atom. The van der Waals surface area contributed by atoms with E-state index in [4.69, 9.17) is 4.74 Å². The van der Waals surface area contributed by atoms with Crippen molar-refractivity contribution < 1.29 is 4.74 Å². The van der Waals surface area contributed by atoms with E-state index in [0.717, 1.165) is 12.0 Å². The minimum atomic E-state index is 0.0140. The fraction of sp³-hybridized carbons (Fsp3) is 0.545. The molecule has 0 radical (unpaired) electrons. The molecule has 0 aliphatic heterocycles. The van der Waals surface area contributed by atoms with Crippen molar-refractivity contribution in [2.75, 3.05) is 6.61 Å². The van der Waals surface area contributed by atoms with E-state index >= 15 is 0 Å². The number of aromatic nitrogens is 1. The van der Waals surface area contributed by atoms with Crippen LogP contribution in [0.15, 0.2) is 23.1 Å². The Balaban J connectivity index is 2.93. The molecule has 0 aromatic carbocycles. The van der Waals surface area contributed by atoms with Crippen molar-refractivity contribution in [1.82, 2.24) is 4.57 Å². The second kappa shape index (κ2) is 4.96. The number of rotatable bonds is 4. The first-order chi connectivity index (χ1) is 6.69. The summed E-state index contributed by atoms with van der Waals surface area (Å²) < 4.78 is 7.14. The SMILES string of the molecule is CCOC(CC)c1ccc(=O)n(C)c1. The highest BCUT2D eigenvalue weighted by atomic mass is 16.5. The summed E-state index contributed by atoms with van der Waals surface area (Å²) in [7, 11) is 1.75. The minimum absolute atomic E-state index is 0.0140. The topological polar surface area (TPSA) is 31.2 Å². The van der Waals surface area contributed by atoms with E-state index in [-0.39, 0.29) is 11.7 Å². The highest BCUT2D eigenvalue weighted by molar-refractivity contribution is 5.13. The van der Waals surface area contributed by atoms with Gasteiger partial charge in [0.1, 0.15) is 0 Å². The van der Waals surface area contributed by atoms with E-state index in [0.29, 0.717) is 6.61 Å². The van der Waals surface area contributed by atoms with Crippen LogP contribution in [-0.2, 0) is 11.8 Å². The molecule has 0 amide bonds. The molecule has 0 aliphatic carbocycles. The van der Waals surface area contributed by atoms with Crippen molar-refractivity contribution in [3.05, 3.63) is 34.2 Å². The van der Waals surface area contributed by atoms with Crippen LogP contribution in [0.5, 0.6) is 0 Å². The van der Waals surface area contributed by atoms with Gasteiger partial charge < -0.3 is 9.30 Å². The maximum Gasteiger partial charge on any atom is 0.250 e.